The average Bonchev–Trinajstić information content (AvgIpc) is 2.48. The lowest BCUT2D eigenvalue weighted by Gasteiger charge is -2.34. The predicted octanol–water partition coefficient (Wildman–Crippen LogP) is 0.204. The van der Waals surface area contributed by atoms with E-state index in [9.17, 15) is 15.0 Å². The Morgan fingerprint density at radius 2 is 1.90 bits per heavy atom. The summed E-state index contributed by atoms with van der Waals surface area (Å²) in [6, 6.07) is 4.44. The number of nitrogens with zero attached hydrogens (tertiary/aromatic N) is 2. The molecule has 6 heteroatoms. The summed E-state index contributed by atoms with van der Waals surface area (Å²) in [4.78, 5) is 16.3. The molecule has 4 N–H and O–H groups in total. The van der Waals surface area contributed by atoms with E-state index in [2.05, 4.69) is 4.90 Å². The van der Waals surface area contributed by atoms with E-state index in [1.54, 1.807) is 11.0 Å². The van der Waals surface area contributed by atoms with Gasteiger partial charge in [0.25, 0.3) is 5.91 Å². The van der Waals surface area contributed by atoms with Crippen LogP contribution in [0.1, 0.15) is 16.8 Å². The molecule has 0 bridgehead atoms. The van der Waals surface area contributed by atoms with Crippen molar-refractivity contribution in [3.63, 3.8) is 0 Å². The summed E-state index contributed by atoms with van der Waals surface area (Å²) < 4.78 is 0. The van der Waals surface area contributed by atoms with Gasteiger partial charge >= 0.3 is 0 Å². The lowest BCUT2D eigenvalue weighted by atomic mass is 10.1. The first kappa shape index (κ1) is 14.6. The molecule has 1 aromatic rings. The summed E-state index contributed by atoms with van der Waals surface area (Å²) in [5.74, 6) is -0.850. The van der Waals surface area contributed by atoms with Gasteiger partial charge in [-0.2, -0.15) is 0 Å². The number of carbonyl (C=O) groups is 1. The van der Waals surface area contributed by atoms with E-state index >= 15 is 0 Å². The second-order valence-electron chi connectivity index (χ2n) is 4.95. The summed E-state index contributed by atoms with van der Waals surface area (Å²) in [5, 5.41) is 19.2. The molecule has 1 aliphatic rings. The molecule has 1 saturated heterocycles. The number of hydrogen-bond donors (Lipinski definition) is 3. The van der Waals surface area contributed by atoms with Crippen LogP contribution in [0.2, 0.25) is 0 Å². The van der Waals surface area contributed by atoms with Crippen molar-refractivity contribution in [3.8, 4) is 11.5 Å². The molecule has 0 spiro atoms. The van der Waals surface area contributed by atoms with E-state index in [1.807, 2.05) is 0 Å². The Kier molecular flexibility index (Phi) is 4.81. The topological polar surface area (TPSA) is 90.0 Å². The molecular formula is C14H21N3O3. The van der Waals surface area contributed by atoms with Crippen LogP contribution in [0.15, 0.2) is 18.2 Å². The number of carbonyl (C=O) groups excluding carboxylic acids is 1. The summed E-state index contributed by atoms with van der Waals surface area (Å²) in [6.07, 6.45) is 0.960. The van der Waals surface area contributed by atoms with Gasteiger partial charge in [-0.05, 0) is 31.6 Å². The van der Waals surface area contributed by atoms with Gasteiger partial charge in [-0.1, -0.05) is 6.07 Å². The Bertz CT molecular complexity index is 471. The molecule has 0 atom stereocenters. The molecule has 1 heterocycles. The first-order valence-corrected chi connectivity index (χ1v) is 6.86. The first-order chi connectivity index (χ1) is 9.63. The van der Waals surface area contributed by atoms with Crippen LogP contribution in [0.4, 0.5) is 0 Å². The van der Waals surface area contributed by atoms with E-state index < -0.39 is 0 Å². The third kappa shape index (κ3) is 3.20. The van der Waals surface area contributed by atoms with Gasteiger partial charge in [-0.3, -0.25) is 9.69 Å². The number of phenols is 2. The van der Waals surface area contributed by atoms with Crippen molar-refractivity contribution in [2.24, 2.45) is 5.73 Å². The van der Waals surface area contributed by atoms with Crippen molar-refractivity contribution in [3.05, 3.63) is 23.8 Å². The Labute approximate surface area is 118 Å². The monoisotopic (exact) mass is 279 g/mol. The minimum atomic E-state index is -0.344. The summed E-state index contributed by atoms with van der Waals surface area (Å²) >= 11 is 0. The van der Waals surface area contributed by atoms with Crippen molar-refractivity contribution in [2.45, 2.75) is 6.42 Å². The van der Waals surface area contributed by atoms with Gasteiger partial charge in [0.15, 0.2) is 11.5 Å². The number of nitrogens with two attached hydrogens (primary N) is 1. The maximum Gasteiger partial charge on any atom is 0.257 e. The number of rotatable bonds is 4. The zero-order valence-corrected chi connectivity index (χ0v) is 11.5. The van der Waals surface area contributed by atoms with Gasteiger partial charge in [0.1, 0.15) is 0 Å². The van der Waals surface area contributed by atoms with Gasteiger partial charge < -0.3 is 20.8 Å². The van der Waals surface area contributed by atoms with Gasteiger partial charge in [0, 0.05) is 26.2 Å². The van der Waals surface area contributed by atoms with Crippen LogP contribution >= 0.6 is 0 Å². The molecule has 0 radical (unpaired) electrons. The Balaban J connectivity index is 1.96. The van der Waals surface area contributed by atoms with Crippen molar-refractivity contribution < 1.29 is 15.0 Å². The zero-order valence-electron chi connectivity index (χ0n) is 11.5. The van der Waals surface area contributed by atoms with E-state index in [0.29, 0.717) is 19.6 Å². The fraction of sp³-hybridized carbons (Fsp3) is 0.500. The molecule has 1 amide bonds. The average molecular weight is 279 g/mol. The highest BCUT2D eigenvalue weighted by atomic mass is 16.3. The largest absolute Gasteiger partial charge is 0.504 e. The smallest absolute Gasteiger partial charge is 0.257 e. The van der Waals surface area contributed by atoms with E-state index in [1.165, 1.54) is 12.1 Å². The number of phenolic OH excluding ortho intramolecular Hbond substituents is 2. The summed E-state index contributed by atoms with van der Waals surface area (Å²) in [7, 11) is 0. The highest BCUT2D eigenvalue weighted by Gasteiger charge is 2.24. The molecule has 0 aliphatic carbocycles. The Morgan fingerprint density at radius 1 is 1.20 bits per heavy atom. The molecule has 2 rings (SSSR count). The lowest BCUT2D eigenvalue weighted by Crippen LogP contribution is -2.49. The van der Waals surface area contributed by atoms with Crippen molar-refractivity contribution in [1.29, 1.82) is 0 Å². The molecule has 6 nitrogen and oxygen atoms in total. The zero-order chi connectivity index (χ0) is 14.5. The number of hydrogen-bond acceptors (Lipinski definition) is 5. The number of aromatic hydroxyl groups is 2. The molecule has 1 aromatic carbocycles. The normalized spacial score (nSPS) is 16.4. The van der Waals surface area contributed by atoms with Crippen LogP contribution in [-0.4, -0.2) is 65.2 Å². The molecule has 1 fully saturated rings. The molecular weight excluding hydrogens is 258 g/mol. The van der Waals surface area contributed by atoms with Gasteiger partial charge in [0.2, 0.25) is 0 Å². The second kappa shape index (κ2) is 6.58. The molecule has 0 aromatic heterocycles. The van der Waals surface area contributed by atoms with E-state index in [-0.39, 0.29) is 23.0 Å². The third-order valence-corrected chi connectivity index (χ3v) is 3.58. The number of para-hydroxylation sites is 1. The Hall–Kier alpha value is -1.79. The van der Waals surface area contributed by atoms with Crippen LogP contribution in [0.5, 0.6) is 11.5 Å². The highest BCUT2D eigenvalue weighted by molar-refractivity contribution is 5.97. The van der Waals surface area contributed by atoms with E-state index in [0.717, 1.165) is 26.1 Å². The summed E-state index contributed by atoms with van der Waals surface area (Å²) in [6.45, 7) is 4.50. The highest BCUT2D eigenvalue weighted by Crippen LogP contribution is 2.29. The van der Waals surface area contributed by atoms with Crippen LogP contribution in [0, 0.1) is 0 Å². The third-order valence-electron chi connectivity index (χ3n) is 3.58. The van der Waals surface area contributed by atoms with Crippen LogP contribution < -0.4 is 5.73 Å². The number of benzene rings is 1. The molecule has 1 aliphatic heterocycles. The van der Waals surface area contributed by atoms with Gasteiger partial charge in [0.05, 0.1) is 5.56 Å². The van der Waals surface area contributed by atoms with Crippen LogP contribution in [0.25, 0.3) is 0 Å². The van der Waals surface area contributed by atoms with Crippen molar-refractivity contribution >= 4 is 5.91 Å². The molecule has 0 unspecified atom stereocenters. The van der Waals surface area contributed by atoms with Gasteiger partial charge in [-0.15, -0.1) is 0 Å². The maximum absolute atomic E-state index is 12.3. The van der Waals surface area contributed by atoms with Crippen LogP contribution in [0.3, 0.4) is 0 Å². The Morgan fingerprint density at radius 3 is 2.55 bits per heavy atom. The predicted molar refractivity (Wildman–Crippen MR) is 75.8 cm³/mol. The maximum atomic E-state index is 12.3. The number of amides is 1. The fourth-order valence-corrected chi connectivity index (χ4v) is 2.36. The van der Waals surface area contributed by atoms with Gasteiger partial charge in [-0.25, -0.2) is 0 Å². The lowest BCUT2D eigenvalue weighted by molar-refractivity contribution is 0.0633. The molecule has 0 saturated carbocycles. The van der Waals surface area contributed by atoms with E-state index in [4.69, 9.17) is 5.73 Å². The van der Waals surface area contributed by atoms with Crippen LogP contribution in [-0.2, 0) is 0 Å². The number of piperazine rings is 1. The molecule has 110 valence electrons. The SMILES string of the molecule is NCCCN1CCN(C(=O)c2cccc(O)c2O)CC1. The first-order valence-electron chi connectivity index (χ1n) is 6.86. The second-order valence-corrected chi connectivity index (χ2v) is 4.95. The van der Waals surface area contributed by atoms with Crippen molar-refractivity contribution in [1.82, 2.24) is 9.80 Å². The summed E-state index contributed by atoms with van der Waals surface area (Å²) in [5.41, 5.74) is 5.64. The minimum absolute atomic E-state index is 0.153. The standard InChI is InChI=1S/C14H21N3O3/c15-5-2-6-16-7-9-17(10-8-16)14(20)11-3-1-4-12(18)13(11)19/h1,3-4,18-19H,2,5-10,15H2. The van der Waals surface area contributed by atoms with Crippen molar-refractivity contribution in [2.75, 3.05) is 39.3 Å². The fourth-order valence-electron chi connectivity index (χ4n) is 2.36. The quantitative estimate of drug-likeness (QED) is 0.685. The minimum Gasteiger partial charge on any atom is -0.504 e. The molecule has 20 heavy (non-hydrogen) atoms.